The molecule has 0 aromatic carbocycles. The molecular weight excluding hydrogens is 955 g/mol. The lowest BCUT2D eigenvalue weighted by molar-refractivity contribution is -0.359. The number of ether oxygens (including phenoxy) is 4. The second-order valence-corrected chi connectivity index (χ2v) is 20.7. The van der Waals surface area contributed by atoms with Gasteiger partial charge in [-0.2, -0.15) is 0 Å². The summed E-state index contributed by atoms with van der Waals surface area (Å²) in [5.74, 6) is -0.246. The first-order valence-electron chi connectivity index (χ1n) is 29.7. The van der Waals surface area contributed by atoms with Gasteiger partial charge in [-0.25, -0.2) is 0 Å². The molecular formula is C61H107NO13. The SMILES string of the molecule is CC/C=C\C/C=C\C/C=C\C/C=C\C/C=C\CCCCCCCCCCCCCCCCCCCCCC(=O)NC(COC1OC(CO)C(OC2OC(CO)C(O)C(O)C2O)C(O)C1O)C(O)/C=C/CCCCCC. The summed E-state index contributed by atoms with van der Waals surface area (Å²) in [5.41, 5.74) is 0. The van der Waals surface area contributed by atoms with Gasteiger partial charge in [0.1, 0.15) is 48.8 Å². The molecule has 2 fully saturated rings. The van der Waals surface area contributed by atoms with Gasteiger partial charge in [0.15, 0.2) is 12.6 Å². The van der Waals surface area contributed by atoms with Crippen molar-refractivity contribution in [1.29, 1.82) is 0 Å². The van der Waals surface area contributed by atoms with E-state index in [1.54, 1.807) is 6.08 Å². The standard InChI is InChI=1S/C61H107NO13/c1-3-5-7-9-11-12-13-14-15-16-17-18-19-20-21-22-23-24-25-26-27-28-29-30-31-32-33-34-35-36-37-38-39-41-43-45-53(66)62-49(50(65)44-42-40-10-8-6-4-2)48-72-60-58(71)56(69)59(52(47-64)74-60)75-61-57(70)55(68)54(67)51(46-63)73-61/h5,7,11-12,14-15,17-18,20-21,42,44,49-52,54-61,63-65,67-71H,3-4,6,8-10,13,16,19,22-41,43,45-48H2,1-2H3,(H,62,66)/b7-5-,12-11-,15-14-,18-17-,21-20-,44-42+. The number of carbonyl (C=O) groups excluding carboxylic acids is 1. The Labute approximate surface area is 453 Å². The van der Waals surface area contributed by atoms with Crippen LogP contribution in [0.3, 0.4) is 0 Å². The number of aliphatic hydroxyl groups excluding tert-OH is 8. The summed E-state index contributed by atoms with van der Waals surface area (Å²) in [6.45, 7) is 2.58. The molecule has 1 amide bonds. The van der Waals surface area contributed by atoms with Crippen molar-refractivity contribution >= 4 is 5.91 Å². The zero-order chi connectivity index (χ0) is 54.6. The summed E-state index contributed by atoms with van der Waals surface area (Å²) in [7, 11) is 0. The van der Waals surface area contributed by atoms with Gasteiger partial charge < -0.3 is 65.1 Å². The first-order valence-corrected chi connectivity index (χ1v) is 29.7. The topological polar surface area (TPSA) is 228 Å². The molecule has 14 heteroatoms. The van der Waals surface area contributed by atoms with E-state index in [1.807, 2.05) is 6.08 Å². The Morgan fingerprint density at radius 2 is 0.920 bits per heavy atom. The van der Waals surface area contributed by atoms with Crippen LogP contribution in [0.1, 0.15) is 213 Å². The first-order chi connectivity index (χ1) is 36.6. The van der Waals surface area contributed by atoms with Crippen molar-refractivity contribution in [3.63, 3.8) is 0 Å². The van der Waals surface area contributed by atoms with E-state index in [0.29, 0.717) is 6.42 Å². The van der Waals surface area contributed by atoms with Crippen molar-refractivity contribution in [2.45, 2.75) is 286 Å². The maximum Gasteiger partial charge on any atom is 0.220 e. The molecule has 12 atom stereocenters. The molecule has 0 radical (unpaired) electrons. The monoisotopic (exact) mass is 1060 g/mol. The normalized spacial score (nSPS) is 25.6. The Kier molecular flexibility index (Phi) is 42.4. The van der Waals surface area contributed by atoms with Crippen molar-refractivity contribution in [1.82, 2.24) is 5.32 Å². The molecule has 12 unspecified atom stereocenters. The molecule has 0 aromatic heterocycles. The molecule has 0 aliphatic carbocycles. The molecule has 0 bridgehead atoms. The second kappa shape index (κ2) is 46.4. The smallest absolute Gasteiger partial charge is 0.220 e. The fourth-order valence-electron chi connectivity index (χ4n) is 9.38. The van der Waals surface area contributed by atoms with Gasteiger partial charge in [0.25, 0.3) is 0 Å². The predicted molar refractivity (Wildman–Crippen MR) is 300 cm³/mol. The molecule has 2 aliphatic rings. The van der Waals surface area contributed by atoms with Crippen LogP contribution in [0, 0.1) is 0 Å². The Morgan fingerprint density at radius 1 is 0.493 bits per heavy atom. The highest BCUT2D eigenvalue weighted by atomic mass is 16.7. The van der Waals surface area contributed by atoms with Crippen LogP contribution in [0.25, 0.3) is 0 Å². The van der Waals surface area contributed by atoms with E-state index in [0.717, 1.165) is 83.5 Å². The van der Waals surface area contributed by atoms with Crippen LogP contribution in [0.15, 0.2) is 72.9 Å². The minimum atomic E-state index is -1.79. The molecule has 75 heavy (non-hydrogen) atoms. The fourth-order valence-corrected chi connectivity index (χ4v) is 9.38. The van der Waals surface area contributed by atoms with Crippen molar-refractivity contribution in [2.75, 3.05) is 19.8 Å². The van der Waals surface area contributed by atoms with Crippen molar-refractivity contribution < 1.29 is 64.6 Å². The number of hydrogen-bond acceptors (Lipinski definition) is 13. The zero-order valence-electron chi connectivity index (χ0n) is 46.5. The summed E-state index contributed by atoms with van der Waals surface area (Å²) in [6.07, 6.45) is 44.5. The number of aliphatic hydroxyl groups is 8. The highest BCUT2D eigenvalue weighted by molar-refractivity contribution is 5.76. The molecule has 2 saturated heterocycles. The lowest BCUT2D eigenvalue weighted by Crippen LogP contribution is -2.65. The molecule has 2 aliphatic heterocycles. The van der Waals surface area contributed by atoms with Crippen LogP contribution in [0.2, 0.25) is 0 Å². The van der Waals surface area contributed by atoms with Crippen molar-refractivity contribution in [3.05, 3.63) is 72.9 Å². The highest BCUT2D eigenvalue weighted by Crippen LogP contribution is 2.30. The van der Waals surface area contributed by atoms with Crippen LogP contribution in [-0.4, -0.2) is 140 Å². The molecule has 0 saturated carbocycles. The Hall–Kier alpha value is -2.57. The van der Waals surface area contributed by atoms with E-state index in [4.69, 9.17) is 18.9 Å². The van der Waals surface area contributed by atoms with E-state index in [9.17, 15) is 45.6 Å². The fraction of sp³-hybridized carbons (Fsp3) is 0.787. The summed E-state index contributed by atoms with van der Waals surface area (Å²) < 4.78 is 22.6. The van der Waals surface area contributed by atoms with Gasteiger partial charge in [0.2, 0.25) is 5.91 Å². The van der Waals surface area contributed by atoms with Crippen LogP contribution < -0.4 is 5.32 Å². The Morgan fingerprint density at radius 3 is 1.41 bits per heavy atom. The average molecular weight is 1060 g/mol. The minimum Gasteiger partial charge on any atom is -0.394 e. The number of rotatable bonds is 46. The number of nitrogens with one attached hydrogen (secondary N) is 1. The van der Waals surface area contributed by atoms with Crippen LogP contribution in [-0.2, 0) is 23.7 Å². The molecule has 0 spiro atoms. The second-order valence-electron chi connectivity index (χ2n) is 20.7. The van der Waals surface area contributed by atoms with E-state index in [2.05, 4.69) is 79.9 Å². The van der Waals surface area contributed by atoms with Crippen LogP contribution >= 0.6 is 0 Å². The third kappa shape index (κ3) is 32.2. The van der Waals surface area contributed by atoms with Gasteiger partial charge >= 0.3 is 0 Å². The van der Waals surface area contributed by atoms with Gasteiger partial charge in [-0.05, 0) is 64.2 Å². The third-order valence-electron chi connectivity index (χ3n) is 14.1. The molecule has 2 heterocycles. The molecule has 14 nitrogen and oxygen atoms in total. The number of carbonyl (C=O) groups is 1. The van der Waals surface area contributed by atoms with E-state index in [1.165, 1.54) is 103 Å². The average Bonchev–Trinajstić information content (AvgIpc) is 3.41. The maximum absolute atomic E-state index is 13.1. The van der Waals surface area contributed by atoms with Gasteiger partial charge in [-0.15, -0.1) is 0 Å². The molecule has 434 valence electrons. The third-order valence-corrected chi connectivity index (χ3v) is 14.1. The van der Waals surface area contributed by atoms with Crippen LogP contribution in [0.4, 0.5) is 0 Å². The van der Waals surface area contributed by atoms with E-state index < -0.39 is 86.8 Å². The number of amides is 1. The molecule has 9 N–H and O–H groups in total. The lowest BCUT2D eigenvalue weighted by Gasteiger charge is -2.46. The summed E-state index contributed by atoms with van der Waals surface area (Å²) in [6, 6.07) is -0.912. The molecule has 0 aromatic rings. The van der Waals surface area contributed by atoms with Crippen molar-refractivity contribution in [2.24, 2.45) is 0 Å². The zero-order valence-corrected chi connectivity index (χ0v) is 46.5. The van der Waals surface area contributed by atoms with Gasteiger partial charge in [-0.3, -0.25) is 4.79 Å². The van der Waals surface area contributed by atoms with E-state index >= 15 is 0 Å². The van der Waals surface area contributed by atoms with Crippen LogP contribution in [0.5, 0.6) is 0 Å². The van der Waals surface area contributed by atoms with E-state index in [-0.39, 0.29) is 18.9 Å². The van der Waals surface area contributed by atoms with Gasteiger partial charge in [-0.1, -0.05) is 215 Å². The number of allylic oxidation sites excluding steroid dienone is 11. The predicted octanol–water partition coefficient (Wildman–Crippen LogP) is 9.94. The largest absolute Gasteiger partial charge is 0.394 e. The summed E-state index contributed by atoms with van der Waals surface area (Å²) >= 11 is 0. The highest BCUT2D eigenvalue weighted by Gasteiger charge is 2.51. The quantitative estimate of drug-likeness (QED) is 0.0205. The Bertz CT molecular complexity index is 1530. The summed E-state index contributed by atoms with van der Waals surface area (Å²) in [4.78, 5) is 13.1. The lowest BCUT2D eigenvalue weighted by atomic mass is 9.97. The Balaban J connectivity index is 1.54. The maximum atomic E-state index is 13.1. The van der Waals surface area contributed by atoms with Crippen molar-refractivity contribution in [3.8, 4) is 0 Å². The first kappa shape index (κ1) is 68.5. The summed E-state index contributed by atoms with van der Waals surface area (Å²) in [5, 5.41) is 86.5. The number of unbranched alkanes of at least 4 members (excludes halogenated alkanes) is 23. The van der Waals surface area contributed by atoms with Gasteiger partial charge in [0, 0.05) is 6.42 Å². The van der Waals surface area contributed by atoms with Gasteiger partial charge in [0.05, 0.1) is 32.0 Å². The molecule has 2 rings (SSSR count). The number of hydrogen-bond donors (Lipinski definition) is 9. The minimum absolute atomic E-state index is 0.246.